The summed E-state index contributed by atoms with van der Waals surface area (Å²) >= 11 is 0. The van der Waals surface area contributed by atoms with E-state index in [1.807, 2.05) is 66.9 Å². The van der Waals surface area contributed by atoms with Crippen molar-refractivity contribution in [2.24, 2.45) is 4.99 Å². The van der Waals surface area contributed by atoms with Gasteiger partial charge in [0.05, 0.1) is 11.3 Å². The van der Waals surface area contributed by atoms with Crippen LogP contribution in [0.1, 0.15) is 58.2 Å². The van der Waals surface area contributed by atoms with Gasteiger partial charge < -0.3 is 9.52 Å². The molecule has 2 heterocycles. The number of phenols is 1. The summed E-state index contributed by atoms with van der Waals surface area (Å²) in [5, 5.41) is 11.2. The summed E-state index contributed by atoms with van der Waals surface area (Å²) in [6.07, 6.45) is 5.32. The SMILES string of the molecule is CC(C)(C)c1cc(C=Nc2ccccc2-c2nc3c(-c4cccnc4)cccc3o2)c(O)c(C(C)(C)C)c1. The number of phenolic OH excluding ortho intramolecular Hbond substituents is 1. The van der Waals surface area contributed by atoms with Crippen molar-refractivity contribution in [3.8, 4) is 28.3 Å². The molecule has 0 amide bonds. The number of aliphatic imine (C=N–C) groups is 1. The minimum Gasteiger partial charge on any atom is -0.507 e. The van der Waals surface area contributed by atoms with Gasteiger partial charge in [-0.05, 0) is 46.7 Å². The number of hydrogen-bond donors (Lipinski definition) is 1. The van der Waals surface area contributed by atoms with Crippen LogP contribution in [0, 0.1) is 0 Å². The summed E-state index contributed by atoms with van der Waals surface area (Å²) < 4.78 is 6.21. The smallest absolute Gasteiger partial charge is 0.229 e. The van der Waals surface area contributed by atoms with E-state index in [1.165, 1.54) is 0 Å². The number of pyridine rings is 1. The lowest BCUT2D eigenvalue weighted by atomic mass is 9.79. The molecule has 0 saturated heterocycles. The first kappa shape index (κ1) is 25.4. The van der Waals surface area contributed by atoms with Crippen LogP contribution in [0.25, 0.3) is 33.7 Å². The quantitative estimate of drug-likeness (QED) is 0.249. The zero-order valence-electron chi connectivity index (χ0n) is 22.8. The summed E-state index contributed by atoms with van der Waals surface area (Å²) in [5.41, 5.74) is 7.36. The fourth-order valence-electron chi connectivity index (χ4n) is 4.48. The van der Waals surface area contributed by atoms with Crippen molar-refractivity contribution in [2.75, 3.05) is 0 Å². The summed E-state index contributed by atoms with van der Waals surface area (Å²) in [6, 6.07) is 21.7. The van der Waals surface area contributed by atoms with Crippen LogP contribution in [0.4, 0.5) is 5.69 Å². The van der Waals surface area contributed by atoms with Gasteiger partial charge >= 0.3 is 0 Å². The van der Waals surface area contributed by atoms with Gasteiger partial charge in [-0.1, -0.05) is 77.9 Å². The van der Waals surface area contributed by atoms with Crippen LogP contribution in [0.15, 0.2) is 88.5 Å². The first-order chi connectivity index (χ1) is 18.0. The van der Waals surface area contributed by atoms with Crippen LogP contribution in [-0.2, 0) is 10.8 Å². The molecule has 5 nitrogen and oxygen atoms in total. The van der Waals surface area contributed by atoms with Crippen molar-refractivity contribution < 1.29 is 9.52 Å². The van der Waals surface area contributed by atoms with Crippen molar-refractivity contribution >= 4 is 23.0 Å². The monoisotopic (exact) mass is 503 g/mol. The third-order valence-corrected chi connectivity index (χ3v) is 6.68. The number of nitrogens with zero attached hydrogens (tertiary/aromatic N) is 3. The molecule has 38 heavy (non-hydrogen) atoms. The molecule has 192 valence electrons. The minimum atomic E-state index is -0.212. The van der Waals surface area contributed by atoms with Gasteiger partial charge in [0.15, 0.2) is 5.58 Å². The van der Waals surface area contributed by atoms with Crippen LogP contribution in [0.5, 0.6) is 5.75 Å². The molecule has 5 aromatic rings. The third kappa shape index (κ3) is 4.97. The number of hydrogen-bond acceptors (Lipinski definition) is 5. The average molecular weight is 504 g/mol. The number of oxazole rings is 1. The second-order valence-corrected chi connectivity index (χ2v) is 11.7. The molecule has 0 saturated carbocycles. The molecule has 0 spiro atoms. The fourth-order valence-corrected chi connectivity index (χ4v) is 4.48. The fraction of sp³-hybridized carbons (Fsp3) is 0.242. The predicted octanol–water partition coefficient (Wildman–Crippen LogP) is 8.61. The molecule has 5 heteroatoms. The Hall–Kier alpha value is -4.25. The Balaban J connectivity index is 1.59. The summed E-state index contributed by atoms with van der Waals surface area (Å²) in [4.78, 5) is 13.9. The summed E-state index contributed by atoms with van der Waals surface area (Å²) in [6.45, 7) is 12.9. The van der Waals surface area contributed by atoms with Gasteiger partial charge in [-0.15, -0.1) is 0 Å². The normalized spacial score (nSPS) is 12.5. The van der Waals surface area contributed by atoms with E-state index in [4.69, 9.17) is 14.4 Å². The molecule has 5 rings (SSSR count). The molecule has 0 fully saturated rings. The molecule has 0 aliphatic carbocycles. The Morgan fingerprint density at radius 3 is 2.32 bits per heavy atom. The average Bonchev–Trinajstić information content (AvgIpc) is 3.32. The van der Waals surface area contributed by atoms with Crippen LogP contribution in [0.3, 0.4) is 0 Å². The van der Waals surface area contributed by atoms with Gasteiger partial charge in [-0.3, -0.25) is 9.98 Å². The van der Waals surface area contributed by atoms with Gasteiger partial charge in [0, 0.05) is 40.9 Å². The number of para-hydroxylation sites is 2. The van der Waals surface area contributed by atoms with E-state index in [-0.39, 0.29) is 16.6 Å². The molecular formula is C33H33N3O2. The lowest BCUT2D eigenvalue weighted by molar-refractivity contribution is 0.444. The van der Waals surface area contributed by atoms with Crippen LogP contribution in [0.2, 0.25) is 0 Å². The number of aromatic nitrogens is 2. The number of fused-ring (bicyclic) bond motifs is 1. The van der Waals surface area contributed by atoms with Crippen molar-refractivity contribution in [3.05, 3.63) is 95.8 Å². The van der Waals surface area contributed by atoms with E-state index in [2.05, 4.69) is 52.6 Å². The van der Waals surface area contributed by atoms with Crippen LogP contribution >= 0.6 is 0 Å². The second-order valence-electron chi connectivity index (χ2n) is 11.7. The number of aromatic hydroxyl groups is 1. The zero-order valence-corrected chi connectivity index (χ0v) is 22.8. The van der Waals surface area contributed by atoms with Gasteiger partial charge in [0.2, 0.25) is 5.89 Å². The molecular weight excluding hydrogens is 470 g/mol. The van der Waals surface area contributed by atoms with Crippen molar-refractivity contribution in [1.29, 1.82) is 0 Å². The van der Waals surface area contributed by atoms with Crippen LogP contribution < -0.4 is 0 Å². The molecule has 0 aliphatic heterocycles. The van der Waals surface area contributed by atoms with Gasteiger partial charge in [-0.2, -0.15) is 0 Å². The Labute approximate surface area is 223 Å². The zero-order chi connectivity index (χ0) is 27.1. The van der Waals surface area contributed by atoms with Gasteiger partial charge in [0.25, 0.3) is 0 Å². The standard InChI is InChI=1S/C33H33N3O2/c1-32(2,3)23-17-22(30(37)26(18-23)33(4,5)6)20-35-27-14-8-7-12-25(27)31-36-29-24(13-9-15-28(29)38-31)21-11-10-16-34-19-21/h7-20,37H,1-6H3. The molecule has 0 unspecified atom stereocenters. The first-order valence-electron chi connectivity index (χ1n) is 12.8. The molecule has 0 bridgehead atoms. The maximum Gasteiger partial charge on any atom is 0.229 e. The first-order valence-corrected chi connectivity index (χ1v) is 12.8. The third-order valence-electron chi connectivity index (χ3n) is 6.68. The highest BCUT2D eigenvalue weighted by atomic mass is 16.3. The van der Waals surface area contributed by atoms with E-state index in [0.717, 1.165) is 33.3 Å². The van der Waals surface area contributed by atoms with Gasteiger partial charge in [0.1, 0.15) is 11.3 Å². The second kappa shape index (κ2) is 9.56. The Morgan fingerprint density at radius 2 is 1.61 bits per heavy atom. The lowest BCUT2D eigenvalue weighted by Crippen LogP contribution is -2.17. The number of benzene rings is 3. The minimum absolute atomic E-state index is 0.0711. The van der Waals surface area contributed by atoms with E-state index in [9.17, 15) is 5.11 Å². The largest absolute Gasteiger partial charge is 0.507 e. The highest BCUT2D eigenvalue weighted by Crippen LogP contribution is 2.38. The highest BCUT2D eigenvalue weighted by molar-refractivity contribution is 5.93. The lowest BCUT2D eigenvalue weighted by Gasteiger charge is -2.27. The van der Waals surface area contributed by atoms with E-state index in [1.54, 1.807) is 12.4 Å². The predicted molar refractivity (Wildman–Crippen MR) is 155 cm³/mol. The Kier molecular flexibility index (Phi) is 6.39. The summed E-state index contributed by atoms with van der Waals surface area (Å²) in [7, 11) is 0. The van der Waals surface area contributed by atoms with E-state index >= 15 is 0 Å². The van der Waals surface area contributed by atoms with E-state index < -0.39 is 0 Å². The van der Waals surface area contributed by atoms with Crippen LogP contribution in [-0.4, -0.2) is 21.3 Å². The van der Waals surface area contributed by atoms with Crippen molar-refractivity contribution in [1.82, 2.24) is 9.97 Å². The van der Waals surface area contributed by atoms with Crippen molar-refractivity contribution in [3.63, 3.8) is 0 Å². The maximum absolute atomic E-state index is 11.2. The van der Waals surface area contributed by atoms with Gasteiger partial charge in [-0.25, -0.2) is 4.98 Å². The molecule has 0 atom stereocenters. The van der Waals surface area contributed by atoms with Crippen molar-refractivity contribution in [2.45, 2.75) is 52.4 Å². The summed E-state index contributed by atoms with van der Waals surface area (Å²) in [5.74, 6) is 0.752. The highest BCUT2D eigenvalue weighted by Gasteiger charge is 2.24. The molecule has 1 N–H and O–H groups in total. The Morgan fingerprint density at radius 1 is 0.842 bits per heavy atom. The molecule has 2 aromatic heterocycles. The van der Waals surface area contributed by atoms with E-state index in [0.29, 0.717) is 22.7 Å². The number of rotatable bonds is 4. The maximum atomic E-state index is 11.2. The Bertz CT molecular complexity index is 1640. The molecule has 0 radical (unpaired) electrons. The molecule has 0 aliphatic rings. The molecule has 3 aromatic carbocycles. The topological polar surface area (TPSA) is 71.5 Å².